The Balaban J connectivity index is 1.82. The van der Waals surface area contributed by atoms with Gasteiger partial charge in [0.2, 0.25) is 5.91 Å². The molecule has 2 rings (SSSR count). The van der Waals surface area contributed by atoms with Crippen molar-refractivity contribution >= 4 is 17.7 Å². The highest BCUT2D eigenvalue weighted by molar-refractivity contribution is 7.99. The quantitative estimate of drug-likeness (QED) is 0.772. The number of carbonyl (C=O) groups is 1. The van der Waals surface area contributed by atoms with Crippen LogP contribution in [0.4, 0.5) is 0 Å². The van der Waals surface area contributed by atoms with Crippen LogP contribution in [0.1, 0.15) is 19.8 Å². The van der Waals surface area contributed by atoms with Crippen LogP contribution < -0.4 is 5.32 Å². The van der Waals surface area contributed by atoms with Gasteiger partial charge in [-0.2, -0.15) is 5.26 Å². The fraction of sp³-hybridized carbons (Fsp3) is 0.545. The first-order valence-corrected chi connectivity index (χ1v) is 6.47. The van der Waals surface area contributed by atoms with E-state index in [9.17, 15) is 4.79 Å². The first-order valence-electron chi connectivity index (χ1n) is 5.48. The molecule has 1 amide bonds. The molecule has 1 fully saturated rings. The summed E-state index contributed by atoms with van der Waals surface area (Å²) in [7, 11) is 0. The number of hydrogen-bond donors (Lipinski definition) is 2. The number of rotatable bonds is 5. The van der Waals surface area contributed by atoms with Crippen molar-refractivity contribution in [2.75, 3.05) is 5.75 Å². The number of nitrogens with one attached hydrogen (secondary N) is 2. The second kappa shape index (κ2) is 4.80. The van der Waals surface area contributed by atoms with Gasteiger partial charge in [0.05, 0.1) is 11.8 Å². The van der Waals surface area contributed by atoms with E-state index in [0.29, 0.717) is 11.1 Å². The molecule has 0 saturated heterocycles. The number of imidazole rings is 1. The molecule has 0 aromatic carbocycles. The molecular formula is C11H14N4OS. The molecule has 0 unspecified atom stereocenters. The van der Waals surface area contributed by atoms with Gasteiger partial charge in [-0.1, -0.05) is 11.8 Å². The zero-order chi connectivity index (χ0) is 12.3. The van der Waals surface area contributed by atoms with Crippen molar-refractivity contribution < 1.29 is 4.79 Å². The lowest BCUT2D eigenvalue weighted by Crippen LogP contribution is -2.47. The highest BCUT2D eigenvalue weighted by Gasteiger charge is 2.42. The maximum atomic E-state index is 11.7. The number of hydrogen-bond acceptors (Lipinski definition) is 4. The molecule has 1 aromatic heterocycles. The number of nitriles is 1. The van der Waals surface area contributed by atoms with Crippen molar-refractivity contribution in [2.45, 2.75) is 30.5 Å². The van der Waals surface area contributed by atoms with Crippen LogP contribution in [-0.4, -0.2) is 27.2 Å². The van der Waals surface area contributed by atoms with Gasteiger partial charge in [0.25, 0.3) is 0 Å². The maximum Gasteiger partial charge on any atom is 0.231 e. The number of nitrogens with zero attached hydrogens (tertiary/aromatic N) is 2. The summed E-state index contributed by atoms with van der Waals surface area (Å²) in [6.45, 7) is 1.79. The van der Waals surface area contributed by atoms with Crippen LogP contribution in [0.15, 0.2) is 17.6 Å². The van der Waals surface area contributed by atoms with E-state index in [0.717, 1.165) is 12.8 Å². The van der Waals surface area contributed by atoms with Gasteiger partial charge in [0.1, 0.15) is 5.54 Å². The standard InChI is InChI=1S/C11H14N4OS/c1-11(7-12,8-2-3-8)15-9(16)6-17-10-13-4-5-14-10/h4-5,8H,2-3,6H2,1H3,(H,13,14)(H,15,16)/t11-/m1/s1. The summed E-state index contributed by atoms with van der Waals surface area (Å²) >= 11 is 1.33. The third-order valence-corrected chi connectivity index (χ3v) is 3.74. The molecule has 1 atom stereocenters. The van der Waals surface area contributed by atoms with E-state index in [2.05, 4.69) is 21.4 Å². The minimum absolute atomic E-state index is 0.123. The lowest BCUT2D eigenvalue weighted by atomic mass is 9.98. The number of carbonyl (C=O) groups excluding carboxylic acids is 1. The monoisotopic (exact) mass is 250 g/mol. The molecule has 17 heavy (non-hydrogen) atoms. The van der Waals surface area contributed by atoms with Gasteiger partial charge in [-0.15, -0.1) is 0 Å². The number of aromatic amines is 1. The second-order valence-electron chi connectivity index (χ2n) is 4.32. The Morgan fingerprint density at radius 3 is 3.12 bits per heavy atom. The summed E-state index contributed by atoms with van der Waals surface area (Å²) in [6, 6.07) is 2.20. The minimum Gasteiger partial charge on any atom is -0.340 e. The molecule has 5 nitrogen and oxygen atoms in total. The first kappa shape index (κ1) is 12.0. The van der Waals surface area contributed by atoms with E-state index in [1.54, 1.807) is 19.3 Å². The summed E-state index contributed by atoms with van der Waals surface area (Å²) in [4.78, 5) is 18.6. The van der Waals surface area contributed by atoms with Crippen LogP contribution in [0.2, 0.25) is 0 Å². The largest absolute Gasteiger partial charge is 0.340 e. The Morgan fingerprint density at radius 1 is 1.82 bits per heavy atom. The number of H-pyrrole nitrogens is 1. The van der Waals surface area contributed by atoms with Crippen LogP contribution in [-0.2, 0) is 4.79 Å². The lowest BCUT2D eigenvalue weighted by molar-refractivity contribution is -0.119. The Kier molecular flexibility index (Phi) is 3.38. The Morgan fingerprint density at radius 2 is 2.59 bits per heavy atom. The molecule has 6 heteroatoms. The summed E-state index contributed by atoms with van der Waals surface area (Å²) < 4.78 is 0. The number of thioether (sulfide) groups is 1. The van der Waals surface area contributed by atoms with Gasteiger partial charge in [-0.3, -0.25) is 4.79 Å². The Labute approximate surface area is 104 Å². The first-order chi connectivity index (χ1) is 8.14. The van der Waals surface area contributed by atoms with E-state index < -0.39 is 5.54 Å². The van der Waals surface area contributed by atoms with Gasteiger partial charge >= 0.3 is 0 Å². The molecule has 1 aliphatic rings. The fourth-order valence-corrected chi connectivity index (χ4v) is 2.30. The minimum atomic E-state index is -0.708. The van der Waals surface area contributed by atoms with Crippen LogP contribution >= 0.6 is 11.8 Å². The molecule has 1 heterocycles. The molecule has 1 saturated carbocycles. The van der Waals surface area contributed by atoms with Gasteiger partial charge in [0.15, 0.2) is 5.16 Å². The molecule has 0 aliphatic heterocycles. The van der Waals surface area contributed by atoms with Crippen molar-refractivity contribution in [3.63, 3.8) is 0 Å². The molecule has 0 spiro atoms. The lowest BCUT2D eigenvalue weighted by Gasteiger charge is -2.22. The van der Waals surface area contributed by atoms with Crippen molar-refractivity contribution in [1.82, 2.24) is 15.3 Å². The Bertz CT molecular complexity index is 435. The number of aromatic nitrogens is 2. The molecule has 1 aromatic rings. The predicted molar refractivity (Wildman–Crippen MR) is 64.2 cm³/mol. The molecule has 0 radical (unpaired) electrons. The topological polar surface area (TPSA) is 81.6 Å². The zero-order valence-corrected chi connectivity index (χ0v) is 10.4. The summed E-state index contributed by atoms with van der Waals surface area (Å²) in [6.07, 6.45) is 5.40. The number of amides is 1. The van der Waals surface area contributed by atoms with Crippen LogP contribution in [0.5, 0.6) is 0 Å². The molecular weight excluding hydrogens is 236 g/mol. The van der Waals surface area contributed by atoms with Gasteiger partial charge < -0.3 is 10.3 Å². The van der Waals surface area contributed by atoms with Crippen LogP contribution in [0.3, 0.4) is 0 Å². The van der Waals surface area contributed by atoms with Crippen molar-refractivity contribution in [3.8, 4) is 6.07 Å². The fourth-order valence-electron chi connectivity index (χ4n) is 1.67. The summed E-state index contributed by atoms with van der Waals surface area (Å²) in [5, 5.41) is 12.6. The average Bonchev–Trinajstić information content (AvgIpc) is 3.05. The van der Waals surface area contributed by atoms with Gasteiger partial charge in [0, 0.05) is 12.4 Å². The van der Waals surface area contributed by atoms with Crippen LogP contribution in [0.25, 0.3) is 0 Å². The van der Waals surface area contributed by atoms with Gasteiger partial charge in [-0.25, -0.2) is 4.98 Å². The third kappa shape index (κ3) is 3.01. The summed E-state index contributed by atoms with van der Waals surface area (Å²) in [5.74, 6) is 0.463. The van der Waals surface area contributed by atoms with Gasteiger partial charge in [-0.05, 0) is 25.7 Å². The van der Waals surface area contributed by atoms with E-state index in [4.69, 9.17) is 5.26 Å². The van der Waals surface area contributed by atoms with Crippen molar-refractivity contribution in [1.29, 1.82) is 5.26 Å². The highest BCUT2D eigenvalue weighted by atomic mass is 32.2. The van der Waals surface area contributed by atoms with Crippen LogP contribution in [0, 0.1) is 17.2 Å². The molecule has 0 bridgehead atoms. The second-order valence-corrected chi connectivity index (χ2v) is 5.28. The summed E-state index contributed by atoms with van der Waals surface area (Å²) in [5.41, 5.74) is -0.708. The van der Waals surface area contributed by atoms with E-state index in [1.807, 2.05) is 0 Å². The smallest absolute Gasteiger partial charge is 0.231 e. The van der Waals surface area contributed by atoms with Crippen molar-refractivity contribution in [2.24, 2.45) is 5.92 Å². The van der Waals surface area contributed by atoms with E-state index >= 15 is 0 Å². The molecule has 2 N–H and O–H groups in total. The average molecular weight is 250 g/mol. The maximum absolute atomic E-state index is 11.7. The molecule has 90 valence electrons. The van der Waals surface area contributed by atoms with E-state index in [-0.39, 0.29) is 11.7 Å². The third-order valence-electron chi connectivity index (χ3n) is 2.84. The predicted octanol–water partition coefficient (Wildman–Crippen LogP) is 1.31. The molecule has 1 aliphatic carbocycles. The zero-order valence-electron chi connectivity index (χ0n) is 9.56. The van der Waals surface area contributed by atoms with E-state index in [1.165, 1.54) is 11.8 Å². The normalized spacial score (nSPS) is 18.1. The Hall–Kier alpha value is -1.48. The SMILES string of the molecule is C[C@](C#N)(NC(=O)CSc1ncc[nH]1)C1CC1. The van der Waals surface area contributed by atoms with Crippen molar-refractivity contribution in [3.05, 3.63) is 12.4 Å². The highest BCUT2D eigenvalue weighted by Crippen LogP contribution is 2.39.